The molecule has 1 amide bonds. The van der Waals surface area contributed by atoms with E-state index in [0.717, 1.165) is 36.8 Å². The van der Waals surface area contributed by atoms with Gasteiger partial charge in [0, 0.05) is 34.8 Å². The molecule has 5 N–H and O–H groups in total. The van der Waals surface area contributed by atoms with E-state index in [1.807, 2.05) is 62.4 Å². The number of rotatable bonds is 12. The van der Waals surface area contributed by atoms with Crippen molar-refractivity contribution < 1.29 is 23.7 Å². The van der Waals surface area contributed by atoms with Crippen molar-refractivity contribution in [1.82, 2.24) is 5.32 Å². The summed E-state index contributed by atoms with van der Waals surface area (Å²) in [5.74, 6) is 1.11. The first-order valence-electron chi connectivity index (χ1n) is 14.4. The van der Waals surface area contributed by atoms with E-state index in [0.29, 0.717) is 41.4 Å². The molecule has 1 aliphatic carbocycles. The lowest BCUT2D eigenvalue weighted by molar-refractivity contribution is 0.0924. The van der Waals surface area contributed by atoms with E-state index in [4.69, 9.17) is 35.5 Å². The van der Waals surface area contributed by atoms with Crippen LogP contribution in [0.3, 0.4) is 0 Å². The van der Waals surface area contributed by atoms with Crippen LogP contribution in [0.2, 0.25) is 0 Å². The molecule has 1 aliphatic rings. The van der Waals surface area contributed by atoms with Gasteiger partial charge < -0.3 is 30.0 Å². The Morgan fingerprint density at radius 2 is 1.19 bits per heavy atom. The Labute approximate surface area is 247 Å². The SMILES string of the molecule is CCOC(=N)c1ccc(COc2cc(OCc3ccc(C(=N)OCC)cc3)cc(C(=O)NC3CCC(N)CC3)c2)cc1. The predicted octanol–water partition coefficient (Wildman–Crippen LogP) is 5.57. The summed E-state index contributed by atoms with van der Waals surface area (Å²) in [4.78, 5) is 13.2. The summed E-state index contributed by atoms with van der Waals surface area (Å²) < 4.78 is 22.7. The molecule has 0 heterocycles. The zero-order chi connectivity index (χ0) is 29.9. The second-order valence-corrected chi connectivity index (χ2v) is 10.3. The minimum Gasteiger partial charge on any atom is -0.489 e. The third-order valence-corrected chi connectivity index (χ3v) is 7.07. The minimum atomic E-state index is -0.177. The molecule has 42 heavy (non-hydrogen) atoms. The van der Waals surface area contributed by atoms with Crippen molar-refractivity contribution in [2.75, 3.05) is 13.2 Å². The van der Waals surface area contributed by atoms with Crippen LogP contribution in [0.15, 0.2) is 66.7 Å². The van der Waals surface area contributed by atoms with Gasteiger partial charge in [0.15, 0.2) is 0 Å². The molecule has 3 aromatic carbocycles. The molecule has 0 aromatic heterocycles. The Balaban J connectivity index is 1.46. The number of ether oxygens (including phenoxy) is 4. The molecule has 3 aromatic rings. The average molecular weight is 573 g/mol. The summed E-state index contributed by atoms with van der Waals surface area (Å²) in [5.41, 5.74) is 9.71. The molecule has 9 nitrogen and oxygen atoms in total. The van der Waals surface area contributed by atoms with Crippen LogP contribution in [0.5, 0.6) is 11.5 Å². The molecule has 1 saturated carbocycles. The monoisotopic (exact) mass is 572 g/mol. The van der Waals surface area contributed by atoms with E-state index in [9.17, 15) is 4.79 Å². The largest absolute Gasteiger partial charge is 0.489 e. The van der Waals surface area contributed by atoms with Gasteiger partial charge in [0.2, 0.25) is 11.8 Å². The van der Waals surface area contributed by atoms with Crippen LogP contribution >= 0.6 is 0 Å². The highest BCUT2D eigenvalue weighted by molar-refractivity contribution is 5.95. The van der Waals surface area contributed by atoms with Crippen LogP contribution in [-0.4, -0.2) is 43.0 Å². The first-order chi connectivity index (χ1) is 20.3. The summed E-state index contributed by atoms with van der Waals surface area (Å²) >= 11 is 0. The van der Waals surface area contributed by atoms with Gasteiger partial charge in [-0.2, -0.15) is 0 Å². The maximum absolute atomic E-state index is 13.2. The quantitative estimate of drug-likeness (QED) is 0.165. The summed E-state index contributed by atoms with van der Waals surface area (Å²) in [7, 11) is 0. The van der Waals surface area contributed by atoms with Gasteiger partial charge in [0.1, 0.15) is 24.7 Å². The Kier molecular flexibility index (Phi) is 10.9. The fourth-order valence-corrected chi connectivity index (χ4v) is 4.70. The first kappa shape index (κ1) is 30.6. The number of nitrogens with one attached hydrogen (secondary N) is 3. The highest BCUT2D eigenvalue weighted by Crippen LogP contribution is 2.26. The van der Waals surface area contributed by atoms with E-state index in [1.54, 1.807) is 18.2 Å². The van der Waals surface area contributed by atoms with Gasteiger partial charge in [-0.05, 0) is 87.1 Å². The van der Waals surface area contributed by atoms with E-state index >= 15 is 0 Å². The molecule has 0 bridgehead atoms. The second-order valence-electron chi connectivity index (χ2n) is 10.3. The molecule has 0 spiro atoms. The lowest BCUT2D eigenvalue weighted by Crippen LogP contribution is -2.40. The number of carbonyl (C=O) groups is 1. The normalized spacial score (nSPS) is 16.3. The summed E-state index contributed by atoms with van der Waals surface area (Å²) in [5, 5.41) is 19.0. The van der Waals surface area contributed by atoms with Gasteiger partial charge in [-0.1, -0.05) is 24.3 Å². The molecule has 0 atom stereocenters. The van der Waals surface area contributed by atoms with Crippen LogP contribution in [0.4, 0.5) is 0 Å². The molecule has 222 valence electrons. The van der Waals surface area contributed by atoms with E-state index in [1.165, 1.54) is 0 Å². The van der Waals surface area contributed by atoms with Crippen LogP contribution in [-0.2, 0) is 22.7 Å². The third-order valence-electron chi connectivity index (χ3n) is 7.07. The molecule has 4 rings (SSSR count). The van der Waals surface area contributed by atoms with Gasteiger partial charge >= 0.3 is 0 Å². The highest BCUT2D eigenvalue weighted by atomic mass is 16.5. The Morgan fingerprint density at radius 1 is 0.738 bits per heavy atom. The van der Waals surface area contributed by atoms with E-state index < -0.39 is 0 Å². The minimum absolute atomic E-state index is 0.0918. The molecule has 0 saturated heterocycles. The van der Waals surface area contributed by atoms with Crippen molar-refractivity contribution >= 4 is 17.7 Å². The number of nitrogens with two attached hydrogens (primary N) is 1. The number of amides is 1. The number of benzene rings is 3. The lowest BCUT2D eigenvalue weighted by Gasteiger charge is -2.27. The summed E-state index contributed by atoms with van der Waals surface area (Å²) in [6.07, 6.45) is 3.52. The topological polar surface area (TPSA) is 140 Å². The van der Waals surface area contributed by atoms with Crippen molar-refractivity contribution in [3.05, 3.63) is 94.5 Å². The number of carbonyl (C=O) groups excluding carboxylic acids is 1. The van der Waals surface area contributed by atoms with Crippen LogP contribution in [0.25, 0.3) is 0 Å². The van der Waals surface area contributed by atoms with Gasteiger partial charge in [0.25, 0.3) is 5.91 Å². The average Bonchev–Trinajstić information content (AvgIpc) is 3.01. The summed E-state index contributed by atoms with van der Waals surface area (Å²) in [6, 6.07) is 20.4. The van der Waals surface area contributed by atoms with E-state index in [2.05, 4.69) is 5.32 Å². The molecular formula is C33H40N4O5. The molecular weight excluding hydrogens is 532 g/mol. The molecule has 0 unspecified atom stereocenters. The fraction of sp³-hybridized carbons (Fsp3) is 0.364. The van der Waals surface area contributed by atoms with Gasteiger partial charge in [-0.25, -0.2) is 0 Å². The van der Waals surface area contributed by atoms with Crippen LogP contribution < -0.4 is 20.5 Å². The van der Waals surface area contributed by atoms with Crippen LogP contribution in [0.1, 0.15) is 72.1 Å². The van der Waals surface area contributed by atoms with Gasteiger partial charge in [-0.15, -0.1) is 0 Å². The fourth-order valence-electron chi connectivity index (χ4n) is 4.70. The molecule has 0 aliphatic heterocycles. The predicted molar refractivity (Wildman–Crippen MR) is 163 cm³/mol. The zero-order valence-electron chi connectivity index (χ0n) is 24.3. The Morgan fingerprint density at radius 3 is 1.62 bits per heavy atom. The van der Waals surface area contributed by atoms with Crippen LogP contribution in [0, 0.1) is 10.8 Å². The lowest BCUT2D eigenvalue weighted by atomic mass is 9.91. The smallest absolute Gasteiger partial charge is 0.251 e. The van der Waals surface area contributed by atoms with Crippen molar-refractivity contribution in [1.29, 1.82) is 10.8 Å². The maximum Gasteiger partial charge on any atom is 0.251 e. The van der Waals surface area contributed by atoms with Gasteiger partial charge in [-0.3, -0.25) is 15.6 Å². The summed E-state index contributed by atoms with van der Waals surface area (Å²) in [6.45, 7) is 5.13. The molecule has 1 fully saturated rings. The first-order valence-corrected chi connectivity index (χ1v) is 14.4. The third kappa shape index (κ3) is 8.81. The molecule has 0 radical (unpaired) electrons. The standard InChI is InChI=1S/C33H40N4O5/c1-3-39-31(35)24-9-5-22(6-10-24)20-41-29-17-26(33(38)37-28-15-13-27(34)14-16-28)18-30(19-29)42-21-23-7-11-25(12-8-23)32(36)40-4-2/h5-12,17-19,27-28,35-36H,3-4,13-16,20-21,34H2,1-2H3,(H,37,38). The Hall–Kier alpha value is -4.37. The number of hydrogen-bond acceptors (Lipinski definition) is 8. The van der Waals surface area contributed by atoms with Gasteiger partial charge in [0.05, 0.1) is 13.2 Å². The zero-order valence-corrected chi connectivity index (χ0v) is 24.3. The number of hydrogen-bond donors (Lipinski definition) is 4. The second kappa shape index (κ2) is 15.0. The van der Waals surface area contributed by atoms with Crippen molar-refractivity contribution in [3.63, 3.8) is 0 Å². The Bertz CT molecular complexity index is 1270. The maximum atomic E-state index is 13.2. The molecule has 9 heteroatoms. The van der Waals surface area contributed by atoms with Crippen molar-refractivity contribution in [2.24, 2.45) is 5.73 Å². The highest BCUT2D eigenvalue weighted by Gasteiger charge is 2.21. The van der Waals surface area contributed by atoms with Crippen molar-refractivity contribution in [3.8, 4) is 11.5 Å². The van der Waals surface area contributed by atoms with E-state index in [-0.39, 0.29) is 43.0 Å². The van der Waals surface area contributed by atoms with Crippen molar-refractivity contribution in [2.45, 2.75) is 64.8 Å².